The molecule has 1 heterocycles. The van der Waals surface area contributed by atoms with E-state index in [4.69, 9.17) is 4.74 Å². The summed E-state index contributed by atoms with van der Waals surface area (Å²) in [6.07, 6.45) is 9.89. The molecule has 2 atom stereocenters. The van der Waals surface area contributed by atoms with Crippen LogP contribution in [0.2, 0.25) is 0 Å². The Morgan fingerprint density at radius 3 is 2.68 bits per heavy atom. The van der Waals surface area contributed by atoms with Crippen molar-refractivity contribution in [3.63, 3.8) is 0 Å². The second-order valence-electron chi connectivity index (χ2n) is 6.60. The molecule has 1 N–H and O–H groups in total. The third-order valence-corrected chi connectivity index (χ3v) is 5.13. The Morgan fingerprint density at radius 1 is 1.32 bits per heavy atom. The Hall–Kier alpha value is -0.120. The maximum Gasteiger partial charge on any atom is 0.0670 e. The van der Waals surface area contributed by atoms with Crippen molar-refractivity contribution in [2.75, 3.05) is 26.7 Å². The maximum absolute atomic E-state index is 5.52. The lowest BCUT2D eigenvalue weighted by molar-refractivity contribution is -0.0270. The lowest BCUT2D eigenvalue weighted by Gasteiger charge is -2.52. The SMILES string of the molecule is CCCC1CN(CC(C)OC)C2(CCCCC2)CN1. The average Bonchev–Trinajstić information content (AvgIpc) is 2.44. The van der Waals surface area contributed by atoms with Gasteiger partial charge in [0.15, 0.2) is 0 Å². The average molecular weight is 268 g/mol. The fourth-order valence-corrected chi connectivity index (χ4v) is 3.87. The van der Waals surface area contributed by atoms with E-state index < -0.39 is 0 Å². The molecule has 0 radical (unpaired) electrons. The predicted octanol–water partition coefficient (Wildman–Crippen LogP) is 2.80. The van der Waals surface area contributed by atoms with E-state index in [1.165, 1.54) is 58.0 Å². The molecule has 0 aromatic rings. The monoisotopic (exact) mass is 268 g/mol. The van der Waals surface area contributed by atoms with Gasteiger partial charge in [-0.3, -0.25) is 4.90 Å². The molecule has 3 heteroatoms. The number of ether oxygens (including phenoxy) is 1. The van der Waals surface area contributed by atoms with Gasteiger partial charge in [-0.2, -0.15) is 0 Å². The van der Waals surface area contributed by atoms with E-state index in [2.05, 4.69) is 24.1 Å². The Bertz CT molecular complexity index is 263. The van der Waals surface area contributed by atoms with Gasteiger partial charge < -0.3 is 10.1 Å². The van der Waals surface area contributed by atoms with Gasteiger partial charge >= 0.3 is 0 Å². The summed E-state index contributed by atoms with van der Waals surface area (Å²) in [5.41, 5.74) is 0.426. The number of hydrogen-bond donors (Lipinski definition) is 1. The number of nitrogens with zero attached hydrogens (tertiary/aromatic N) is 1. The van der Waals surface area contributed by atoms with Crippen LogP contribution in [-0.4, -0.2) is 49.3 Å². The van der Waals surface area contributed by atoms with E-state index in [1.807, 2.05) is 7.11 Å². The molecule has 1 aliphatic carbocycles. The largest absolute Gasteiger partial charge is 0.380 e. The van der Waals surface area contributed by atoms with E-state index >= 15 is 0 Å². The van der Waals surface area contributed by atoms with Crippen molar-refractivity contribution in [3.8, 4) is 0 Å². The first kappa shape index (κ1) is 15.3. The predicted molar refractivity (Wildman–Crippen MR) is 80.6 cm³/mol. The number of piperazine rings is 1. The van der Waals surface area contributed by atoms with Crippen molar-refractivity contribution in [1.82, 2.24) is 10.2 Å². The molecule has 19 heavy (non-hydrogen) atoms. The highest BCUT2D eigenvalue weighted by Gasteiger charge is 2.42. The van der Waals surface area contributed by atoms with E-state index in [-0.39, 0.29) is 0 Å². The first-order chi connectivity index (χ1) is 9.20. The van der Waals surface area contributed by atoms with Crippen molar-refractivity contribution >= 4 is 0 Å². The lowest BCUT2D eigenvalue weighted by atomic mass is 9.78. The van der Waals surface area contributed by atoms with Crippen molar-refractivity contribution in [3.05, 3.63) is 0 Å². The van der Waals surface area contributed by atoms with Gasteiger partial charge in [-0.05, 0) is 26.2 Å². The van der Waals surface area contributed by atoms with Crippen LogP contribution >= 0.6 is 0 Å². The molecule has 0 amide bonds. The van der Waals surface area contributed by atoms with Crippen LogP contribution in [0.5, 0.6) is 0 Å². The summed E-state index contributed by atoms with van der Waals surface area (Å²) in [6, 6.07) is 0.682. The standard InChI is InChI=1S/C16H32N2O/c1-4-8-15-12-18(11-14(2)19-3)16(13-17-15)9-6-5-7-10-16/h14-15,17H,4-13H2,1-3H3. The summed E-state index contributed by atoms with van der Waals surface area (Å²) < 4.78 is 5.52. The van der Waals surface area contributed by atoms with Crippen LogP contribution in [0, 0.1) is 0 Å². The van der Waals surface area contributed by atoms with E-state index in [0.29, 0.717) is 17.7 Å². The van der Waals surface area contributed by atoms with Gasteiger partial charge in [0.2, 0.25) is 0 Å². The molecule has 3 nitrogen and oxygen atoms in total. The maximum atomic E-state index is 5.52. The molecule has 2 unspecified atom stereocenters. The van der Waals surface area contributed by atoms with Gasteiger partial charge in [0, 0.05) is 38.3 Å². The number of methoxy groups -OCH3 is 1. The minimum atomic E-state index is 0.346. The summed E-state index contributed by atoms with van der Waals surface area (Å²) >= 11 is 0. The smallest absolute Gasteiger partial charge is 0.0670 e. The fraction of sp³-hybridized carbons (Fsp3) is 1.00. The van der Waals surface area contributed by atoms with Crippen molar-refractivity contribution in [1.29, 1.82) is 0 Å². The molecule has 1 saturated heterocycles. The Morgan fingerprint density at radius 2 is 2.05 bits per heavy atom. The number of nitrogens with one attached hydrogen (secondary N) is 1. The van der Waals surface area contributed by atoms with E-state index in [9.17, 15) is 0 Å². The molecule has 0 bridgehead atoms. The molecule has 1 spiro atoms. The minimum Gasteiger partial charge on any atom is -0.380 e. The first-order valence-corrected chi connectivity index (χ1v) is 8.21. The van der Waals surface area contributed by atoms with Crippen LogP contribution in [0.4, 0.5) is 0 Å². The molecule has 2 fully saturated rings. The summed E-state index contributed by atoms with van der Waals surface area (Å²) in [7, 11) is 1.84. The van der Waals surface area contributed by atoms with Gasteiger partial charge in [0.1, 0.15) is 0 Å². The quantitative estimate of drug-likeness (QED) is 0.830. The van der Waals surface area contributed by atoms with Crippen molar-refractivity contribution < 1.29 is 4.74 Å². The lowest BCUT2D eigenvalue weighted by Crippen LogP contribution is -2.66. The Labute approximate surface area is 119 Å². The zero-order valence-electron chi connectivity index (χ0n) is 13.1. The highest BCUT2D eigenvalue weighted by Crippen LogP contribution is 2.35. The number of rotatable bonds is 5. The highest BCUT2D eigenvalue weighted by atomic mass is 16.5. The Kier molecular flexibility index (Phi) is 5.67. The van der Waals surface area contributed by atoms with E-state index in [1.54, 1.807) is 0 Å². The van der Waals surface area contributed by atoms with Gasteiger partial charge in [0.25, 0.3) is 0 Å². The molecule has 2 aliphatic rings. The van der Waals surface area contributed by atoms with Gasteiger partial charge in [-0.1, -0.05) is 32.6 Å². The van der Waals surface area contributed by atoms with Crippen LogP contribution in [0.3, 0.4) is 0 Å². The second kappa shape index (κ2) is 7.05. The van der Waals surface area contributed by atoms with Crippen molar-refractivity contribution in [2.24, 2.45) is 0 Å². The third-order valence-electron chi connectivity index (χ3n) is 5.13. The van der Waals surface area contributed by atoms with Gasteiger partial charge in [-0.25, -0.2) is 0 Å². The van der Waals surface area contributed by atoms with Crippen LogP contribution in [0.1, 0.15) is 58.8 Å². The molecule has 0 aromatic heterocycles. The molecule has 1 aliphatic heterocycles. The van der Waals surface area contributed by atoms with Gasteiger partial charge in [0.05, 0.1) is 6.10 Å². The molecular weight excluding hydrogens is 236 g/mol. The summed E-state index contributed by atoms with van der Waals surface area (Å²) in [5, 5.41) is 3.82. The summed E-state index contributed by atoms with van der Waals surface area (Å²) in [4.78, 5) is 2.76. The molecular formula is C16H32N2O. The zero-order chi connectivity index (χ0) is 13.7. The summed E-state index contributed by atoms with van der Waals surface area (Å²) in [5.74, 6) is 0. The molecule has 0 aromatic carbocycles. The second-order valence-corrected chi connectivity index (χ2v) is 6.60. The minimum absolute atomic E-state index is 0.346. The van der Waals surface area contributed by atoms with Gasteiger partial charge in [-0.15, -0.1) is 0 Å². The Balaban J connectivity index is 2.03. The molecule has 112 valence electrons. The summed E-state index contributed by atoms with van der Waals surface area (Å²) in [6.45, 7) is 7.98. The van der Waals surface area contributed by atoms with Crippen LogP contribution in [0.15, 0.2) is 0 Å². The van der Waals surface area contributed by atoms with Crippen LogP contribution in [0.25, 0.3) is 0 Å². The highest BCUT2D eigenvalue weighted by molar-refractivity contribution is 5.00. The van der Waals surface area contributed by atoms with Crippen molar-refractivity contribution in [2.45, 2.75) is 76.5 Å². The normalized spacial score (nSPS) is 29.5. The molecule has 2 rings (SSSR count). The topological polar surface area (TPSA) is 24.5 Å². The molecule has 1 saturated carbocycles. The van der Waals surface area contributed by atoms with E-state index in [0.717, 1.165) is 6.54 Å². The fourth-order valence-electron chi connectivity index (χ4n) is 3.87. The third kappa shape index (κ3) is 3.71. The first-order valence-electron chi connectivity index (χ1n) is 8.21. The van der Waals surface area contributed by atoms with Crippen LogP contribution in [-0.2, 0) is 4.74 Å². The van der Waals surface area contributed by atoms with Crippen LogP contribution < -0.4 is 5.32 Å². The zero-order valence-corrected chi connectivity index (χ0v) is 13.1. The number of hydrogen-bond acceptors (Lipinski definition) is 3.